The van der Waals surface area contributed by atoms with Crippen LogP contribution in [-0.2, 0) is 9.59 Å². The van der Waals surface area contributed by atoms with E-state index in [2.05, 4.69) is 20.9 Å². The molecule has 1 aromatic heterocycles. The lowest BCUT2D eigenvalue weighted by molar-refractivity contribution is -0.130. The SMILES string of the molecule is CC1CC(=O)N(c2cccc3cc(Br)cnc23)C(=O)C1. The molecule has 0 radical (unpaired) electrons. The Balaban J connectivity index is 2.14. The number of aromatic nitrogens is 1. The van der Waals surface area contributed by atoms with Crippen molar-refractivity contribution in [1.29, 1.82) is 0 Å². The van der Waals surface area contributed by atoms with E-state index in [0.717, 1.165) is 9.86 Å². The van der Waals surface area contributed by atoms with Crippen LogP contribution in [0.4, 0.5) is 5.69 Å². The number of piperidine rings is 1. The number of hydrogen-bond donors (Lipinski definition) is 0. The lowest BCUT2D eigenvalue weighted by Gasteiger charge is -2.28. The van der Waals surface area contributed by atoms with Crippen molar-refractivity contribution in [2.75, 3.05) is 4.90 Å². The third-order valence-corrected chi connectivity index (χ3v) is 3.88. The molecule has 1 fully saturated rings. The molecule has 2 amide bonds. The van der Waals surface area contributed by atoms with Gasteiger partial charge < -0.3 is 0 Å². The standard InChI is InChI=1S/C15H13BrN2O2/c1-9-5-13(19)18(14(20)6-9)12-4-2-3-10-7-11(16)8-17-15(10)12/h2-4,7-9H,5-6H2,1H3. The van der Waals surface area contributed by atoms with Gasteiger partial charge in [-0.3, -0.25) is 14.6 Å². The van der Waals surface area contributed by atoms with Gasteiger partial charge in [-0.1, -0.05) is 19.1 Å². The van der Waals surface area contributed by atoms with Gasteiger partial charge in [0.15, 0.2) is 0 Å². The summed E-state index contributed by atoms with van der Waals surface area (Å²) in [7, 11) is 0. The number of nitrogens with zero attached hydrogens (tertiary/aromatic N) is 2. The molecule has 20 heavy (non-hydrogen) atoms. The molecule has 1 aliphatic heterocycles. The number of amides is 2. The highest BCUT2D eigenvalue weighted by atomic mass is 79.9. The molecule has 3 rings (SSSR count). The van der Waals surface area contributed by atoms with Gasteiger partial charge in [0.2, 0.25) is 11.8 Å². The Bertz CT molecular complexity index is 696. The molecule has 1 saturated heterocycles. The molecule has 0 saturated carbocycles. The summed E-state index contributed by atoms with van der Waals surface area (Å²) in [5, 5.41) is 0.899. The van der Waals surface area contributed by atoms with Crippen LogP contribution >= 0.6 is 15.9 Å². The zero-order chi connectivity index (χ0) is 14.3. The van der Waals surface area contributed by atoms with E-state index in [9.17, 15) is 9.59 Å². The van der Waals surface area contributed by atoms with E-state index >= 15 is 0 Å². The molecule has 0 spiro atoms. The summed E-state index contributed by atoms with van der Waals surface area (Å²) >= 11 is 3.37. The molecule has 1 aromatic carbocycles. The number of para-hydroxylation sites is 1. The summed E-state index contributed by atoms with van der Waals surface area (Å²) in [6, 6.07) is 7.45. The van der Waals surface area contributed by atoms with Crippen molar-refractivity contribution in [3.05, 3.63) is 34.9 Å². The Morgan fingerprint density at radius 3 is 2.65 bits per heavy atom. The fourth-order valence-corrected chi connectivity index (χ4v) is 2.91. The third-order valence-electron chi connectivity index (χ3n) is 3.44. The minimum absolute atomic E-state index is 0.114. The van der Waals surface area contributed by atoms with E-state index in [1.165, 1.54) is 4.90 Å². The molecule has 0 N–H and O–H groups in total. The smallest absolute Gasteiger partial charge is 0.234 e. The topological polar surface area (TPSA) is 50.3 Å². The Hall–Kier alpha value is -1.75. The van der Waals surface area contributed by atoms with E-state index in [1.54, 1.807) is 12.3 Å². The predicted octanol–water partition coefficient (Wildman–Crippen LogP) is 3.29. The maximum Gasteiger partial charge on any atom is 0.234 e. The van der Waals surface area contributed by atoms with Crippen molar-refractivity contribution < 1.29 is 9.59 Å². The number of fused-ring (bicyclic) bond motifs is 1. The lowest BCUT2D eigenvalue weighted by atomic mass is 9.97. The van der Waals surface area contributed by atoms with Crippen LogP contribution in [-0.4, -0.2) is 16.8 Å². The largest absolute Gasteiger partial charge is 0.274 e. The van der Waals surface area contributed by atoms with Gasteiger partial charge in [0.1, 0.15) is 0 Å². The fourth-order valence-electron chi connectivity index (χ4n) is 2.56. The van der Waals surface area contributed by atoms with Gasteiger partial charge in [0, 0.05) is 28.9 Å². The van der Waals surface area contributed by atoms with Crippen molar-refractivity contribution >= 4 is 44.3 Å². The highest BCUT2D eigenvalue weighted by molar-refractivity contribution is 9.10. The van der Waals surface area contributed by atoms with Crippen LogP contribution in [0.5, 0.6) is 0 Å². The van der Waals surface area contributed by atoms with Crippen molar-refractivity contribution in [2.45, 2.75) is 19.8 Å². The van der Waals surface area contributed by atoms with Gasteiger partial charge in [-0.2, -0.15) is 0 Å². The second-order valence-electron chi connectivity index (χ2n) is 5.14. The molecule has 4 nitrogen and oxygen atoms in total. The summed E-state index contributed by atoms with van der Waals surface area (Å²) in [6.45, 7) is 1.92. The average molecular weight is 333 g/mol. The first kappa shape index (κ1) is 13.2. The molecular formula is C15H13BrN2O2. The number of rotatable bonds is 1. The van der Waals surface area contributed by atoms with Crippen LogP contribution in [0.2, 0.25) is 0 Å². The number of hydrogen-bond acceptors (Lipinski definition) is 3. The number of carbonyl (C=O) groups is 2. The summed E-state index contributed by atoms with van der Waals surface area (Å²) in [6.07, 6.45) is 2.48. The maximum absolute atomic E-state index is 12.2. The molecule has 0 aliphatic carbocycles. The number of anilines is 1. The van der Waals surface area contributed by atoms with Crippen LogP contribution in [0.1, 0.15) is 19.8 Å². The van der Waals surface area contributed by atoms with E-state index in [-0.39, 0.29) is 17.7 Å². The first-order valence-electron chi connectivity index (χ1n) is 6.46. The highest BCUT2D eigenvalue weighted by Crippen LogP contribution is 2.31. The Morgan fingerprint density at radius 2 is 1.95 bits per heavy atom. The molecule has 5 heteroatoms. The minimum atomic E-state index is -0.147. The molecule has 102 valence electrons. The van der Waals surface area contributed by atoms with Gasteiger partial charge in [-0.05, 0) is 34.0 Å². The van der Waals surface area contributed by atoms with E-state index in [4.69, 9.17) is 0 Å². The quantitative estimate of drug-likeness (QED) is 0.753. The van der Waals surface area contributed by atoms with Gasteiger partial charge in [-0.25, -0.2) is 4.90 Å². The third kappa shape index (κ3) is 2.22. The van der Waals surface area contributed by atoms with Crippen LogP contribution in [0.3, 0.4) is 0 Å². The van der Waals surface area contributed by atoms with Gasteiger partial charge >= 0.3 is 0 Å². The fraction of sp³-hybridized carbons (Fsp3) is 0.267. The molecule has 0 bridgehead atoms. The van der Waals surface area contributed by atoms with Crippen LogP contribution in [0.25, 0.3) is 10.9 Å². The Kier molecular flexibility index (Phi) is 3.30. The highest BCUT2D eigenvalue weighted by Gasteiger charge is 2.32. The van der Waals surface area contributed by atoms with Gasteiger partial charge in [0.25, 0.3) is 0 Å². The average Bonchev–Trinajstić information content (AvgIpc) is 2.37. The number of benzene rings is 1. The molecular weight excluding hydrogens is 320 g/mol. The number of carbonyl (C=O) groups excluding carboxylic acids is 2. The second kappa shape index (κ2) is 4.98. The summed E-state index contributed by atoms with van der Waals surface area (Å²) in [4.78, 5) is 30.0. The molecule has 0 unspecified atom stereocenters. The van der Waals surface area contributed by atoms with Crippen LogP contribution in [0.15, 0.2) is 34.9 Å². The molecule has 2 heterocycles. The number of pyridine rings is 1. The normalized spacial score (nSPS) is 17.0. The summed E-state index contributed by atoms with van der Waals surface area (Å²) < 4.78 is 0.868. The second-order valence-corrected chi connectivity index (χ2v) is 6.05. The number of halogens is 1. The van der Waals surface area contributed by atoms with E-state index in [0.29, 0.717) is 24.0 Å². The number of imide groups is 1. The Morgan fingerprint density at radius 1 is 1.25 bits per heavy atom. The van der Waals surface area contributed by atoms with Crippen molar-refractivity contribution in [2.24, 2.45) is 5.92 Å². The molecule has 0 atom stereocenters. The van der Waals surface area contributed by atoms with Crippen molar-refractivity contribution in [3.8, 4) is 0 Å². The van der Waals surface area contributed by atoms with Gasteiger partial charge in [-0.15, -0.1) is 0 Å². The molecule has 1 aliphatic rings. The summed E-state index contributed by atoms with van der Waals surface area (Å²) in [5.74, 6) is -0.180. The van der Waals surface area contributed by atoms with Crippen LogP contribution < -0.4 is 4.90 Å². The predicted molar refractivity (Wildman–Crippen MR) is 80.3 cm³/mol. The summed E-state index contributed by atoms with van der Waals surface area (Å²) in [5.41, 5.74) is 1.25. The van der Waals surface area contributed by atoms with Crippen molar-refractivity contribution in [1.82, 2.24) is 4.98 Å². The van der Waals surface area contributed by atoms with Crippen LogP contribution in [0, 0.1) is 5.92 Å². The van der Waals surface area contributed by atoms with Gasteiger partial charge in [0.05, 0.1) is 11.2 Å². The first-order valence-corrected chi connectivity index (χ1v) is 7.25. The lowest BCUT2D eigenvalue weighted by Crippen LogP contribution is -2.43. The minimum Gasteiger partial charge on any atom is -0.274 e. The molecule has 2 aromatic rings. The maximum atomic E-state index is 12.2. The van der Waals surface area contributed by atoms with E-state index in [1.807, 2.05) is 25.1 Å². The van der Waals surface area contributed by atoms with Crippen molar-refractivity contribution in [3.63, 3.8) is 0 Å². The monoisotopic (exact) mass is 332 g/mol. The Labute approximate surface area is 124 Å². The first-order chi connectivity index (χ1) is 9.56. The zero-order valence-electron chi connectivity index (χ0n) is 11.0. The van der Waals surface area contributed by atoms with E-state index < -0.39 is 0 Å². The zero-order valence-corrected chi connectivity index (χ0v) is 12.6.